The molecule has 0 saturated heterocycles. The lowest BCUT2D eigenvalue weighted by Gasteiger charge is -2.10. The average Bonchev–Trinajstić information content (AvgIpc) is 2.37. The van der Waals surface area contributed by atoms with E-state index in [9.17, 15) is 0 Å². The van der Waals surface area contributed by atoms with Gasteiger partial charge in [0.25, 0.3) is 0 Å². The summed E-state index contributed by atoms with van der Waals surface area (Å²) in [5, 5.41) is 18.0. The fourth-order valence-corrected chi connectivity index (χ4v) is 1.43. The number of benzene rings is 1. The molecule has 0 aliphatic rings. The highest BCUT2D eigenvalue weighted by Crippen LogP contribution is 2.07. The van der Waals surface area contributed by atoms with Gasteiger partial charge < -0.3 is 24.3 Å². The fraction of sp³-hybridized carbons (Fsp3) is 0.538. The van der Waals surface area contributed by atoms with Crippen LogP contribution in [0.1, 0.15) is 13.8 Å². The van der Waals surface area contributed by atoms with E-state index in [-0.39, 0.29) is 6.10 Å². The van der Waals surface area contributed by atoms with Gasteiger partial charge in [-0.15, -0.1) is 0 Å². The molecule has 0 aromatic heterocycles. The van der Waals surface area contributed by atoms with Crippen LogP contribution in [-0.4, -0.2) is 49.7 Å². The summed E-state index contributed by atoms with van der Waals surface area (Å²) >= 11 is 0. The third-order valence-electron chi connectivity index (χ3n) is 2.33. The molecule has 0 heterocycles. The molecule has 0 radical (unpaired) electrons. The van der Waals surface area contributed by atoms with E-state index in [0.717, 1.165) is 0 Å². The van der Waals surface area contributed by atoms with Crippen molar-refractivity contribution < 1.29 is 24.3 Å². The zero-order valence-electron chi connectivity index (χ0n) is 11.4. The monoisotopic (exact) mass is 268 g/mol. The Morgan fingerprint density at radius 3 is 2.53 bits per heavy atom. The van der Waals surface area contributed by atoms with Crippen molar-refractivity contribution in [3.8, 4) is 5.75 Å². The van der Waals surface area contributed by atoms with Crippen LogP contribution in [0.4, 0.5) is 0 Å². The topological polar surface area (TPSA) is 68.2 Å². The van der Waals surface area contributed by atoms with Gasteiger partial charge >= 0.3 is 7.12 Å². The van der Waals surface area contributed by atoms with Gasteiger partial charge in [-0.05, 0) is 31.4 Å². The van der Waals surface area contributed by atoms with Crippen molar-refractivity contribution in [2.45, 2.75) is 20.0 Å². The maximum absolute atomic E-state index is 9.02. The average molecular weight is 268 g/mol. The molecule has 106 valence electrons. The van der Waals surface area contributed by atoms with Crippen molar-refractivity contribution in [3.05, 3.63) is 24.3 Å². The van der Waals surface area contributed by atoms with Crippen LogP contribution in [0, 0.1) is 0 Å². The summed E-state index contributed by atoms with van der Waals surface area (Å²) in [6.45, 7) is 5.94. The van der Waals surface area contributed by atoms with Crippen molar-refractivity contribution in [2.24, 2.45) is 0 Å². The number of rotatable bonds is 9. The Morgan fingerprint density at radius 1 is 1.11 bits per heavy atom. The molecule has 0 amide bonds. The Kier molecular flexibility index (Phi) is 7.51. The summed E-state index contributed by atoms with van der Waals surface area (Å²) in [6, 6.07) is 6.68. The molecule has 0 aliphatic carbocycles. The molecular formula is C13H21BO5. The summed E-state index contributed by atoms with van der Waals surface area (Å²) in [7, 11) is -1.48. The fourth-order valence-electron chi connectivity index (χ4n) is 1.43. The molecule has 0 atom stereocenters. The maximum atomic E-state index is 9.02. The van der Waals surface area contributed by atoms with Crippen LogP contribution in [0.2, 0.25) is 0 Å². The predicted octanol–water partition coefficient (Wildman–Crippen LogP) is 0.187. The first-order valence-electron chi connectivity index (χ1n) is 6.38. The van der Waals surface area contributed by atoms with Gasteiger partial charge in [0, 0.05) is 0 Å². The van der Waals surface area contributed by atoms with E-state index in [1.807, 2.05) is 13.8 Å². The van der Waals surface area contributed by atoms with E-state index in [2.05, 4.69) is 0 Å². The third-order valence-corrected chi connectivity index (χ3v) is 2.33. The van der Waals surface area contributed by atoms with Crippen LogP contribution in [0.5, 0.6) is 5.75 Å². The lowest BCUT2D eigenvalue weighted by molar-refractivity contribution is 0.0124. The zero-order chi connectivity index (χ0) is 14.1. The third kappa shape index (κ3) is 7.17. The molecule has 0 saturated carbocycles. The highest BCUT2D eigenvalue weighted by Gasteiger charge is 2.10. The Labute approximate surface area is 114 Å². The van der Waals surface area contributed by atoms with Crippen molar-refractivity contribution >= 4 is 12.6 Å². The summed E-state index contributed by atoms with van der Waals surface area (Å²) in [5.41, 5.74) is 0.406. The number of ether oxygens (including phenoxy) is 3. The molecule has 0 aliphatic heterocycles. The maximum Gasteiger partial charge on any atom is 0.488 e. The van der Waals surface area contributed by atoms with Crippen LogP contribution in [0.3, 0.4) is 0 Å². The van der Waals surface area contributed by atoms with Crippen LogP contribution < -0.4 is 10.2 Å². The molecule has 5 nitrogen and oxygen atoms in total. The van der Waals surface area contributed by atoms with Gasteiger partial charge in [0.05, 0.1) is 25.9 Å². The van der Waals surface area contributed by atoms with Crippen LogP contribution in [0.15, 0.2) is 24.3 Å². The SMILES string of the molecule is CC(C)OCCOCCOc1cccc(B(O)O)c1. The molecule has 0 unspecified atom stereocenters. The number of hydrogen-bond donors (Lipinski definition) is 2. The smallest absolute Gasteiger partial charge is 0.488 e. The first-order chi connectivity index (χ1) is 9.09. The Morgan fingerprint density at radius 2 is 1.84 bits per heavy atom. The van der Waals surface area contributed by atoms with Gasteiger partial charge in [0.15, 0.2) is 0 Å². The van der Waals surface area contributed by atoms with Gasteiger partial charge in [0.2, 0.25) is 0 Å². The molecule has 0 bridgehead atoms. The second kappa shape index (κ2) is 8.93. The molecule has 19 heavy (non-hydrogen) atoms. The van der Waals surface area contributed by atoms with Gasteiger partial charge in [-0.1, -0.05) is 12.1 Å². The van der Waals surface area contributed by atoms with Crippen LogP contribution >= 0.6 is 0 Å². The Bertz CT molecular complexity index is 357. The van der Waals surface area contributed by atoms with E-state index in [4.69, 9.17) is 24.3 Å². The Balaban J connectivity index is 2.14. The summed E-state index contributed by atoms with van der Waals surface area (Å²) < 4.78 is 16.1. The van der Waals surface area contributed by atoms with Crippen molar-refractivity contribution in [2.75, 3.05) is 26.4 Å². The normalized spacial score (nSPS) is 10.8. The molecular weight excluding hydrogens is 247 g/mol. The second-order valence-electron chi connectivity index (χ2n) is 4.33. The first kappa shape index (κ1) is 16.0. The van der Waals surface area contributed by atoms with E-state index < -0.39 is 7.12 Å². The minimum atomic E-state index is -1.48. The van der Waals surface area contributed by atoms with Gasteiger partial charge in [-0.3, -0.25) is 0 Å². The van der Waals surface area contributed by atoms with Crippen LogP contribution in [-0.2, 0) is 9.47 Å². The minimum Gasteiger partial charge on any atom is -0.491 e. The van der Waals surface area contributed by atoms with Gasteiger partial charge in [-0.25, -0.2) is 0 Å². The van der Waals surface area contributed by atoms with E-state index in [0.29, 0.717) is 37.6 Å². The highest BCUT2D eigenvalue weighted by atomic mass is 16.5. The summed E-state index contributed by atoms with van der Waals surface area (Å²) in [4.78, 5) is 0. The van der Waals surface area contributed by atoms with E-state index >= 15 is 0 Å². The van der Waals surface area contributed by atoms with Gasteiger partial charge in [0.1, 0.15) is 12.4 Å². The van der Waals surface area contributed by atoms with Gasteiger partial charge in [-0.2, -0.15) is 0 Å². The number of hydrogen-bond acceptors (Lipinski definition) is 5. The first-order valence-corrected chi connectivity index (χ1v) is 6.38. The standard InChI is InChI=1S/C13H21BO5/c1-11(2)18-8-6-17-7-9-19-13-5-3-4-12(10-13)14(15)16/h3-5,10-11,15-16H,6-9H2,1-2H3. The molecule has 1 rings (SSSR count). The molecule has 1 aromatic carbocycles. The lowest BCUT2D eigenvalue weighted by atomic mass is 9.80. The second-order valence-corrected chi connectivity index (χ2v) is 4.33. The quantitative estimate of drug-likeness (QED) is 0.494. The summed E-state index contributed by atoms with van der Waals surface area (Å²) in [5.74, 6) is 0.590. The lowest BCUT2D eigenvalue weighted by Crippen LogP contribution is -2.29. The minimum absolute atomic E-state index is 0.215. The van der Waals surface area contributed by atoms with Crippen molar-refractivity contribution in [3.63, 3.8) is 0 Å². The largest absolute Gasteiger partial charge is 0.491 e. The van der Waals surface area contributed by atoms with E-state index in [1.165, 1.54) is 0 Å². The van der Waals surface area contributed by atoms with E-state index in [1.54, 1.807) is 24.3 Å². The summed E-state index contributed by atoms with van der Waals surface area (Å²) in [6.07, 6.45) is 0.215. The van der Waals surface area contributed by atoms with Crippen molar-refractivity contribution in [1.82, 2.24) is 0 Å². The molecule has 0 spiro atoms. The zero-order valence-corrected chi connectivity index (χ0v) is 11.4. The predicted molar refractivity (Wildman–Crippen MR) is 73.7 cm³/mol. The van der Waals surface area contributed by atoms with Crippen molar-refractivity contribution in [1.29, 1.82) is 0 Å². The molecule has 2 N–H and O–H groups in total. The van der Waals surface area contributed by atoms with Crippen LogP contribution in [0.25, 0.3) is 0 Å². The molecule has 1 aromatic rings. The molecule has 0 fully saturated rings. The highest BCUT2D eigenvalue weighted by molar-refractivity contribution is 6.58. The molecule has 6 heteroatoms. The Hall–Kier alpha value is -1.08.